The second-order valence-electron chi connectivity index (χ2n) is 9.87. The van der Waals surface area contributed by atoms with Crippen molar-refractivity contribution in [3.05, 3.63) is 69.2 Å². The Labute approximate surface area is 212 Å². The molecule has 6 nitrogen and oxygen atoms in total. The third-order valence-electron chi connectivity index (χ3n) is 6.17. The standard InChI is InChI=1S/C25H26Cl2F2N4O2/c1-24(2,3)10-18-25(12-30,15-8-7-13(26)9-17(15)28)20(14-5-4-6-16(27)21(14)29)22(33-18)23(35)32-11-19(31)34/h4-9,18,20,22,33H,10-11H2,1-3H3,(H2,31,34)(H,32,35)/t18?,20?,22-,25+/m1/s1. The fourth-order valence-corrected chi connectivity index (χ4v) is 5.18. The minimum absolute atomic E-state index is 0.0271. The Kier molecular flexibility index (Phi) is 7.75. The van der Waals surface area contributed by atoms with Gasteiger partial charge in [-0.05, 0) is 35.6 Å². The van der Waals surface area contributed by atoms with Crippen LogP contribution >= 0.6 is 23.2 Å². The molecular formula is C25H26Cl2F2N4O2. The summed E-state index contributed by atoms with van der Waals surface area (Å²) in [6.07, 6.45) is 0.334. The molecule has 4 N–H and O–H groups in total. The number of nitrogens with one attached hydrogen (secondary N) is 2. The van der Waals surface area contributed by atoms with Crippen molar-refractivity contribution in [1.82, 2.24) is 10.6 Å². The van der Waals surface area contributed by atoms with Gasteiger partial charge in [0.25, 0.3) is 0 Å². The van der Waals surface area contributed by atoms with Gasteiger partial charge in [-0.25, -0.2) is 8.78 Å². The topological polar surface area (TPSA) is 108 Å². The monoisotopic (exact) mass is 522 g/mol. The first kappa shape index (κ1) is 26.9. The highest BCUT2D eigenvalue weighted by Crippen LogP contribution is 2.52. The van der Waals surface area contributed by atoms with Crippen molar-refractivity contribution in [1.29, 1.82) is 5.26 Å². The number of nitriles is 1. The van der Waals surface area contributed by atoms with Crippen molar-refractivity contribution in [2.24, 2.45) is 11.1 Å². The van der Waals surface area contributed by atoms with Crippen molar-refractivity contribution in [3.8, 4) is 6.07 Å². The summed E-state index contributed by atoms with van der Waals surface area (Å²) in [5.41, 5.74) is 3.02. The van der Waals surface area contributed by atoms with Gasteiger partial charge in [0.1, 0.15) is 17.0 Å². The minimum atomic E-state index is -1.73. The first-order chi connectivity index (χ1) is 16.3. The molecule has 35 heavy (non-hydrogen) atoms. The van der Waals surface area contributed by atoms with Crippen molar-refractivity contribution < 1.29 is 18.4 Å². The summed E-state index contributed by atoms with van der Waals surface area (Å²) in [5.74, 6) is -4.24. The van der Waals surface area contributed by atoms with Gasteiger partial charge in [-0.1, -0.05) is 62.2 Å². The number of carbonyl (C=O) groups excluding carboxylic acids is 2. The van der Waals surface area contributed by atoms with E-state index in [9.17, 15) is 14.9 Å². The van der Waals surface area contributed by atoms with Gasteiger partial charge in [-0.3, -0.25) is 9.59 Å². The summed E-state index contributed by atoms with van der Waals surface area (Å²) in [7, 11) is 0. The van der Waals surface area contributed by atoms with E-state index in [1.165, 1.54) is 30.3 Å². The molecule has 1 fully saturated rings. The van der Waals surface area contributed by atoms with Crippen LogP contribution in [0, 0.1) is 28.4 Å². The third-order valence-corrected chi connectivity index (χ3v) is 6.70. The molecule has 10 heteroatoms. The van der Waals surface area contributed by atoms with E-state index in [0.717, 1.165) is 6.07 Å². The smallest absolute Gasteiger partial charge is 0.238 e. The molecule has 1 aliphatic rings. The predicted octanol–water partition coefficient (Wildman–Crippen LogP) is 4.19. The molecule has 2 amide bonds. The number of amides is 2. The quantitative estimate of drug-likeness (QED) is 0.528. The van der Waals surface area contributed by atoms with E-state index in [4.69, 9.17) is 28.9 Å². The highest BCUT2D eigenvalue weighted by atomic mass is 35.5. The average Bonchev–Trinajstić information content (AvgIpc) is 3.07. The lowest BCUT2D eigenvalue weighted by Gasteiger charge is -2.37. The van der Waals surface area contributed by atoms with E-state index in [1.807, 2.05) is 20.8 Å². The van der Waals surface area contributed by atoms with Gasteiger partial charge in [-0.2, -0.15) is 5.26 Å². The van der Waals surface area contributed by atoms with Crippen LogP contribution in [0.5, 0.6) is 0 Å². The van der Waals surface area contributed by atoms with Crippen LogP contribution in [-0.2, 0) is 15.0 Å². The van der Waals surface area contributed by atoms with Crippen LogP contribution in [0.3, 0.4) is 0 Å². The molecule has 0 aromatic heterocycles. The van der Waals surface area contributed by atoms with Crippen LogP contribution in [0.15, 0.2) is 36.4 Å². The summed E-state index contributed by atoms with van der Waals surface area (Å²) in [6, 6.07) is 8.42. The lowest BCUT2D eigenvalue weighted by atomic mass is 9.62. The molecule has 0 aliphatic carbocycles. The Morgan fingerprint density at radius 2 is 1.91 bits per heavy atom. The minimum Gasteiger partial charge on any atom is -0.368 e. The van der Waals surface area contributed by atoms with Crippen LogP contribution in [0.1, 0.15) is 44.2 Å². The SMILES string of the molecule is CC(C)(C)CC1N[C@@H](C(=O)NCC(N)=O)C(c2cccc(Cl)c2F)[C@@]1(C#N)c1ccc(Cl)cc1F. The number of nitrogens with two attached hydrogens (primary N) is 1. The Hall–Kier alpha value is -2.73. The number of rotatable bonds is 6. The first-order valence-corrected chi connectivity index (χ1v) is 11.7. The second-order valence-corrected chi connectivity index (χ2v) is 10.7. The highest BCUT2D eigenvalue weighted by molar-refractivity contribution is 6.31. The Bertz CT molecular complexity index is 1190. The van der Waals surface area contributed by atoms with Crippen molar-refractivity contribution in [2.45, 2.75) is 50.6 Å². The number of benzene rings is 2. The molecule has 0 spiro atoms. The van der Waals surface area contributed by atoms with Crippen molar-refractivity contribution >= 4 is 35.0 Å². The number of carbonyl (C=O) groups is 2. The molecular weight excluding hydrogens is 497 g/mol. The van der Waals surface area contributed by atoms with E-state index in [0.29, 0.717) is 6.42 Å². The van der Waals surface area contributed by atoms with E-state index >= 15 is 8.78 Å². The van der Waals surface area contributed by atoms with Crippen LogP contribution in [-0.4, -0.2) is 30.4 Å². The number of primary amides is 1. The molecule has 2 unspecified atom stereocenters. The largest absolute Gasteiger partial charge is 0.368 e. The zero-order valence-corrected chi connectivity index (χ0v) is 21.0. The molecule has 0 saturated carbocycles. The van der Waals surface area contributed by atoms with E-state index in [2.05, 4.69) is 16.7 Å². The molecule has 2 aromatic carbocycles. The fraction of sp³-hybridized carbons (Fsp3) is 0.400. The summed E-state index contributed by atoms with van der Waals surface area (Å²) in [5, 5.41) is 16.2. The van der Waals surface area contributed by atoms with Gasteiger partial charge in [0, 0.05) is 22.5 Å². The van der Waals surface area contributed by atoms with E-state index < -0.39 is 53.4 Å². The number of nitrogens with zero attached hydrogens (tertiary/aromatic N) is 1. The van der Waals surface area contributed by atoms with Gasteiger partial charge in [0.2, 0.25) is 11.8 Å². The summed E-state index contributed by atoms with van der Waals surface area (Å²) >= 11 is 12.0. The van der Waals surface area contributed by atoms with Crippen LogP contribution in [0.4, 0.5) is 8.78 Å². The molecule has 3 rings (SSSR count). The number of hydrogen-bond acceptors (Lipinski definition) is 4. The van der Waals surface area contributed by atoms with Crippen LogP contribution < -0.4 is 16.4 Å². The molecule has 4 atom stereocenters. The molecule has 0 radical (unpaired) electrons. The molecule has 186 valence electrons. The zero-order valence-electron chi connectivity index (χ0n) is 19.5. The average molecular weight is 523 g/mol. The van der Waals surface area contributed by atoms with Gasteiger partial charge < -0.3 is 16.4 Å². The number of hydrogen-bond donors (Lipinski definition) is 3. The normalized spacial score (nSPS) is 24.1. The van der Waals surface area contributed by atoms with Crippen molar-refractivity contribution in [2.75, 3.05) is 6.54 Å². The zero-order chi connectivity index (χ0) is 26.1. The maximum Gasteiger partial charge on any atom is 0.238 e. The van der Waals surface area contributed by atoms with Gasteiger partial charge in [0.15, 0.2) is 0 Å². The van der Waals surface area contributed by atoms with Crippen LogP contribution in [0.2, 0.25) is 10.0 Å². The third kappa shape index (κ3) is 5.27. The summed E-state index contributed by atoms with van der Waals surface area (Å²) in [6.45, 7) is 5.35. The van der Waals surface area contributed by atoms with Gasteiger partial charge >= 0.3 is 0 Å². The summed E-state index contributed by atoms with van der Waals surface area (Å²) < 4.78 is 30.9. The van der Waals surface area contributed by atoms with Crippen molar-refractivity contribution in [3.63, 3.8) is 0 Å². The maximum absolute atomic E-state index is 15.4. The molecule has 1 saturated heterocycles. The molecule has 1 heterocycles. The van der Waals surface area contributed by atoms with Gasteiger partial charge in [-0.15, -0.1) is 0 Å². The van der Waals surface area contributed by atoms with E-state index in [1.54, 1.807) is 0 Å². The van der Waals surface area contributed by atoms with Gasteiger partial charge in [0.05, 0.1) is 23.7 Å². The fourth-order valence-electron chi connectivity index (χ4n) is 4.84. The second kappa shape index (κ2) is 10.1. The Morgan fingerprint density at radius 1 is 1.23 bits per heavy atom. The molecule has 0 bridgehead atoms. The Morgan fingerprint density at radius 3 is 2.49 bits per heavy atom. The highest BCUT2D eigenvalue weighted by Gasteiger charge is 2.61. The number of halogens is 4. The maximum atomic E-state index is 15.4. The van der Waals surface area contributed by atoms with Crippen LogP contribution in [0.25, 0.3) is 0 Å². The lowest BCUT2D eigenvalue weighted by Crippen LogP contribution is -2.47. The first-order valence-electron chi connectivity index (χ1n) is 10.9. The van der Waals surface area contributed by atoms with E-state index in [-0.39, 0.29) is 26.6 Å². The Balaban J connectivity index is 2.33. The predicted molar refractivity (Wildman–Crippen MR) is 130 cm³/mol. The molecule has 2 aromatic rings. The molecule has 1 aliphatic heterocycles. The summed E-state index contributed by atoms with van der Waals surface area (Å²) in [4.78, 5) is 24.6. The lowest BCUT2D eigenvalue weighted by molar-refractivity contribution is -0.126.